The zero-order valence-electron chi connectivity index (χ0n) is 14.4. The number of hydrogen-bond donors (Lipinski definition) is 0. The van der Waals surface area contributed by atoms with Crippen LogP contribution in [0.5, 0.6) is 0 Å². The second kappa shape index (κ2) is 6.34. The maximum absolute atomic E-state index is 13.4. The molecule has 0 radical (unpaired) electrons. The summed E-state index contributed by atoms with van der Waals surface area (Å²) in [7, 11) is 2.18. The Hall–Kier alpha value is -1.65. The zero-order valence-corrected chi connectivity index (χ0v) is 15.2. The third kappa shape index (κ3) is 2.78. The standard InChI is InChI=1S/C20H24N2OS/c1-14-19(16-6-4-3-5-7-16)18(13-24-14)20(23)22-11-15-8-9-17(22)12-21(2)10-15/h3-7,13,15,17H,8-12H2,1-2H3. The molecule has 2 aromatic rings. The van der Waals surface area contributed by atoms with Crippen LogP contribution in [-0.4, -0.2) is 48.4 Å². The molecule has 4 heterocycles. The Morgan fingerprint density at radius 2 is 1.92 bits per heavy atom. The number of benzene rings is 1. The highest BCUT2D eigenvalue weighted by Crippen LogP contribution is 2.35. The van der Waals surface area contributed by atoms with Crippen molar-refractivity contribution in [2.75, 3.05) is 26.7 Å². The van der Waals surface area contributed by atoms with Crippen molar-refractivity contribution in [3.63, 3.8) is 0 Å². The molecule has 1 aromatic carbocycles. The van der Waals surface area contributed by atoms with Gasteiger partial charge in [-0.1, -0.05) is 30.3 Å². The number of amides is 1. The van der Waals surface area contributed by atoms with E-state index in [0.717, 1.165) is 42.7 Å². The number of thiophene rings is 1. The highest BCUT2D eigenvalue weighted by molar-refractivity contribution is 7.10. The SMILES string of the molecule is Cc1scc(C(=O)N2CC3CCC2CN(C)C3)c1-c1ccccc1. The number of carbonyl (C=O) groups excluding carboxylic acids is 1. The van der Waals surface area contributed by atoms with Gasteiger partial charge in [0.2, 0.25) is 0 Å². The van der Waals surface area contributed by atoms with Gasteiger partial charge in [-0.05, 0) is 38.3 Å². The molecular weight excluding hydrogens is 316 g/mol. The number of carbonyl (C=O) groups is 1. The first-order chi connectivity index (χ1) is 11.6. The molecule has 3 aliphatic heterocycles. The Morgan fingerprint density at radius 3 is 2.71 bits per heavy atom. The van der Waals surface area contributed by atoms with E-state index >= 15 is 0 Å². The van der Waals surface area contributed by atoms with Crippen molar-refractivity contribution in [2.24, 2.45) is 5.92 Å². The first-order valence-electron chi connectivity index (χ1n) is 8.76. The summed E-state index contributed by atoms with van der Waals surface area (Å²) in [4.78, 5) is 19.1. The van der Waals surface area contributed by atoms with E-state index in [1.165, 1.54) is 11.3 Å². The molecule has 2 atom stereocenters. The molecule has 3 saturated heterocycles. The van der Waals surface area contributed by atoms with Crippen LogP contribution < -0.4 is 0 Å². The molecule has 126 valence electrons. The van der Waals surface area contributed by atoms with Crippen molar-refractivity contribution in [3.8, 4) is 11.1 Å². The predicted molar refractivity (Wildman–Crippen MR) is 99.5 cm³/mol. The van der Waals surface area contributed by atoms with Crippen molar-refractivity contribution >= 4 is 17.2 Å². The van der Waals surface area contributed by atoms with E-state index in [1.807, 2.05) is 18.2 Å². The summed E-state index contributed by atoms with van der Waals surface area (Å²) in [5.74, 6) is 0.848. The Morgan fingerprint density at radius 1 is 1.12 bits per heavy atom. The maximum atomic E-state index is 13.4. The number of rotatable bonds is 2. The monoisotopic (exact) mass is 340 g/mol. The van der Waals surface area contributed by atoms with Gasteiger partial charge in [0.05, 0.1) is 5.56 Å². The normalized spacial score (nSPS) is 24.2. The average molecular weight is 340 g/mol. The minimum atomic E-state index is 0.225. The number of aryl methyl sites for hydroxylation is 1. The van der Waals surface area contributed by atoms with Gasteiger partial charge in [0.25, 0.3) is 5.91 Å². The van der Waals surface area contributed by atoms with Crippen LogP contribution in [0.15, 0.2) is 35.7 Å². The van der Waals surface area contributed by atoms with E-state index in [4.69, 9.17) is 0 Å². The summed E-state index contributed by atoms with van der Waals surface area (Å²) in [6.07, 6.45) is 2.40. The van der Waals surface area contributed by atoms with Gasteiger partial charge < -0.3 is 9.80 Å². The van der Waals surface area contributed by atoms with Gasteiger partial charge in [0, 0.05) is 41.5 Å². The zero-order chi connectivity index (χ0) is 16.7. The van der Waals surface area contributed by atoms with Crippen LogP contribution in [0, 0.1) is 12.8 Å². The van der Waals surface area contributed by atoms with Gasteiger partial charge in [-0.15, -0.1) is 11.3 Å². The minimum Gasteiger partial charge on any atom is -0.334 e. The lowest BCUT2D eigenvalue weighted by molar-refractivity contribution is 0.0588. The molecule has 5 rings (SSSR count). The fourth-order valence-electron chi connectivity index (χ4n) is 4.30. The molecule has 2 bridgehead atoms. The molecule has 0 aliphatic carbocycles. The highest BCUT2D eigenvalue weighted by atomic mass is 32.1. The average Bonchev–Trinajstić information content (AvgIpc) is 2.78. The number of piperidine rings is 1. The van der Waals surface area contributed by atoms with E-state index in [1.54, 1.807) is 11.3 Å². The van der Waals surface area contributed by atoms with Crippen LogP contribution >= 0.6 is 11.3 Å². The molecule has 2 unspecified atom stereocenters. The smallest absolute Gasteiger partial charge is 0.255 e. The number of fused-ring (bicyclic) bond motifs is 4. The molecule has 0 spiro atoms. The van der Waals surface area contributed by atoms with Crippen LogP contribution in [-0.2, 0) is 0 Å². The lowest BCUT2D eigenvalue weighted by Crippen LogP contribution is -2.47. The van der Waals surface area contributed by atoms with Crippen LogP contribution in [0.2, 0.25) is 0 Å². The first-order valence-corrected chi connectivity index (χ1v) is 9.64. The molecule has 3 nitrogen and oxygen atoms in total. The van der Waals surface area contributed by atoms with Crippen molar-refractivity contribution in [1.29, 1.82) is 0 Å². The molecule has 1 amide bonds. The summed E-state index contributed by atoms with van der Waals surface area (Å²) in [6, 6.07) is 10.7. The topological polar surface area (TPSA) is 23.6 Å². The summed E-state index contributed by atoms with van der Waals surface area (Å²) in [6.45, 7) is 5.16. The van der Waals surface area contributed by atoms with Gasteiger partial charge in [0.15, 0.2) is 0 Å². The molecule has 1 aromatic heterocycles. The molecule has 3 fully saturated rings. The van der Waals surface area contributed by atoms with Crippen LogP contribution in [0.25, 0.3) is 11.1 Å². The molecular formula is C20H24N2OS. The molecule has 24 heavy (non-hydrogen) atoms. The first kappa shape index (κ1) is 15.9. The summed E-state index contributed by atoms with van der Waals surface area (Å²) < 4.78 is 0. The van der Waals surface area contributed by atoms with Crippen LogP contribution in [0.1, 0.15) is 28.1 Å². The second-order valence-electron chi connectivity index (χ2n) is 7.22. The molecule has 3 aliphatic rings. The van der Waals surface area contributed by atoms with Crippen molar-refractivity contribution in [2.45, 2.75) is 25.8 Å². The van der Waals surface area contributed by atoms with Gasteiger partial charge in [-0.2, -0.15) is 0 Å². The van der Waals surface area contributed by atoms with E-state index in [-0.39, 0.29) is 5.91 Å². The minimum absolute atomic E-state index is 0.225. The third-order valence-corrected chi connectivity index (χ3v) is 6.34. The number of likely N-dealkylation sites (N-methyl/N-ethyl adjacent to an activating group) is 1. The van der Waals surface area contributed by atoms with Gasteiger partial charge in [0.1, 0.15) is 0 Å². The van der Waals surface area contributed by atoms with Gasteiger partial charge >= 0.3 is 0 Å². The van der Waals surface area contributed by atoms with E-state index < -0.39 is 0 Å². The third-order valence-electron chi connectivity index (χ3n) is 5.42. The fourth-order valence-corrected chi connectivity index (χ4v) is 5.15. The predicted octanol–water partition coefficient (Wildman–Crippen LogP) is 3.89. The Labute approximate surface area is 147 Å². The number of nitrogens with zero attached hydrogens (tertiary/aromatic N) is 2. The van der Waals surface area contributed by atoms with Crippen molar-refractivity contribution in [3.05, 3.63) is 46.2 Å². The lowest BCUT2D eigenvalue weighted by Gasteiger charge is -2.36. The van der Waals surface area contributed by atoms with E-state index in [2.05, 4.69) is 41.3 Å². The number of hydrogen-bond acceptors (Lipinski definition) is 3. The van der Waals surface area contributed by atoms with Crippen molar-refractivity contribution < 1.29 is 4.79 Å². The van der Waals surface area contributed by atoms with Crippen LogP contribution in [0.3, 0.4) is 0 Å². The van der Waals surface area contributed by atoms with E-state index in [9.17, 15) is 4.79 Å². The quantitative estimate of drug-likeness (QED) is 0.828. The summed E-state index contributed by atoms with van der Waals surface area (Å²) in [5, 5.41) is 2.06. The highest BCUT2D eigenvalue weighted by Gasteiger charge is 2.37. The Bertz CT molecular complexity index is 739. The summed E-state index contributed by atoms with van der Waals surface area (Å²) >= 11 is 1.69. The molecule has 0 saturated carbocycles. The van der Waals surface area contributed by atoms with Crippen molar-refractivity contribution in [1.82, 2.24) is 9.80 Å². The second-order valence-corrected chi connectivity index (χ2v) is 8.31. The largest absolute Gasteiger partial charge is 0.334 e. The lowest BCUT2D eigenvalue weighted by atomic mass is 9.93. The molecule has 0 N–H and O–H groups in total. The molecule has 4 heteroatoms. The maximum Gasteiger partial charge on any atom is 0.255 e. The Balaban J connectivity index is 1.69. The van der Waals surface area contributed by atoms with E-state index in [0.29, 0.717) is 12.0 Å². The van der Waals surface area contributed by atoms with Crippen LogP contribution in [0.4, 0.5) is 0 Å². The fraction of sp³-hybridized carbons (Fsp3) is 0.450. The van der Waals surface area contributed by atoms with Gasteiger partial charge in [-0.25, -0.2) is 0 Å². The summed E-state index contributed by atoms with van der Waals surface area (Å²) in [5.41, 5.74) is 3.16. The van der Waals surface area contributed by atoms with Gasteiger partial charge in [-0.3, -0.25) is 4.79 Å². The Kier molecular flexibility index (Phi) is 4.19.